The maximum absolute atomic E-state index is 13.3. The minimum atomic E-state index is -0.567. The average Bonchev–Trinajstić information content (AvgIpc) is 2.98. The summed E-state index contributed by atoms with van der Waals surface area (Å²) in [5.41, 5.74) is 3.55. The van der Waals surface area contributed by atoms with Crippen molar-refractivity contribution in [1.82, 2.24) is 10.2 Å². The van der Waals surface area contributed by atoms with E-state index in [1.807, 2.05) is 48.5 Å². The fraction of sp³-hybridized carbons (Fsp3) is 0.618. The van der Waals surface area contributed by atoms with Crippen molar-refractivity contribution < 1.29 is 24.1 Å². The highest BCUT2D eigenvalue weighted by atomic mass is 16.7. The molecule has 2 amide bonds. The zero-order chi connectivity index (χ0) is 28.7. The predicted molar refractivity (Wildman–Crippen MR) is 160 cm³/mol. The molecule has 4 unspecified atom stereocenters. The summed E-state index contributed by atoms with van der Waals surface area (Å²) in [6, 6.07) is 15.8. The lowest BCUT2D eigenvalue weighted by atomic mass is 9.53. The van der Waals surface area contributed by atoms with Crippen LogP contribution < -0.4 is 10.6 Å². The Morgan fingerprint density at radius 2 is 1.64 bits per heavy atom. The van der Waals surface area contributed by atoms with Crippen LogP contribution in [-0.4, -0.2) is 60.5 Å². The number of urea groups is 1. The number of amides is 2. The van der Waals surface area contributed by atoms with Gasteiger partial charge < -0.3 is 30.0 Å². The highest BCUT2D eigenvalue weighted by molar-refractivity contribution is 5.89. The zero-order valence-electron chi connectivity index (χ0n) is 24.7. The second-order valence-corrected chi connectivity index (χ2v) is 13.6. The van der Waals surface area contributed by atoms with Crippen molar-refractivity contribution in [3.8, 4) is 0 Å². The van der Waals surface area contributed by atoms with E-state index in [1.165, 1.54) is 19.3 Å². The third-order valence-electron chi connectivity index (χ3n) is 10.5. The van der Waals surface area contributed by atoms with Crippen LogP contribution in [0.2, 0.25) is 0 Å². The molecule has 4 aliphatic carbocycles. The molecule has 0 aromatic heterocycles. The Morgan fingerprint density at radius 1 is 0.952 bits per heavy atom. The van der Waals surface area contributed by atoms with E-state index in [4.69, 9.17) is 14.2 Å². The lowest BCUT2D eigenvalue weighted by Gasteiger charge is -2.56. The molecule has 6 aliphatic rings. The Bertz CT molecular complexity index is 1210. The minimum Gasteiger partial charge on any atom is -0.392 e. The lowest BCUT2D eigenvalue weighted by molar-refractivity contribution is -0.277. The fourth-order valence-electron chi connectivity index (χ4n) is 8.80. The van der Waals surface area contributed by atoms with E-state index >= 15 is 0 Å². The van der Waals surface area contributed by atoms with Crippen molar-refractivity contribution in [2.75, 3.05) is 38.2 Å². The number of nitrogens with zero attached hydrogens (tertiary/aromatic N) is 1. The Labute approximate surface area is 249 Å². The number of rotatable bonds is 7. The SMILES string of the molecule is CC1C(CN2CCOCC2)OC(c2cccc(NC(=O)NC34CC5CC(CC(C5)C3)C4)c2)OC1c1ccc(CO)cc1. The van der Waals surface area contributed by atoms with Gasteiger partial charge >= 0.3 is 6.03 Å². The van der Waals surface area contributed by atoms with Crippen LogP contribution in [0.15, 0.2) is 48.5 Å². The molecule has 4 bridgehead atoms. The van der Waals surface area contributed by atoms with Crippen molar-refractivity contribution in [2.45, 2.75) is 76.1 Å². The molecule has 8 rings (SSSR count). The van der Waals surface area contributed by atoms with E-state index in [2.05, 4.69) is 22.5 Å². The van der Waals surface area contributed by atoms with Crippen LogP contribution in [0, 0.1) is 23.7 Å². The number of aliphatic hydroxyl groups is 1. The van der Waals surface area contributed by atoms with Crippen LogP contribution >= 0.6 is 0 Å². The molecule has 3 N–H and O–H groups in total. The third-order valence-corrected chi connectivity index (χ3v) is 10.5. The van der Waals surface area contributed by atoms with Crippen molar-refractivity contribution >= 4 is 11.7 Å². The molecule has 4 atom stereocenters. The minimum absolute atomic E-state index is 0.0168. The number of carbonyl (C=O) groups is 1. The van der Waals surface area contributed by atoms with Gasteiger partial charge in [-0.15, -0.1) is 0 Å². The summed E-state index contributed by atoms with van der Waals surface area (Å²) >= 11 is 0. The van der Waals surface area contributed by atoms with Crippen LogP contribution in [0.5, 0.6) is 0 Å². The van der Waals surface area contributed by atoms with Gasteiger partial charge in [0.1, 0.15) is 0 Å². The molecular weight excluding hydrogens is 530 g/mol. The van der Waals surface area contributed by atoms with Crippen LogP contribution in [-0.2, 0) is 20.8 Å². The fourth-order valence-corrected chi connectivity index (χ4v) is 8.80. The monoisotopic (exact) mass is 575 g/mol. The van der Waals surface area contributed by atoms with Gasteiger partial charge in [-0.25, -0.2) is 4.79 Å². The first kappa shape index (κ1) is 28.3. The number of benzene rings is 2. The number of hydrogen-bond donors (Lipinski definition) is 3. The van der Waals surface area contributed by atoms with Crippen molar-refractivity contribution in [2.24, 2.45) is 23.7 Å². The molecule has 226 valence electrons. The van der Waals surface area contributed by atoms with E-state index in [0.29, 0.717) is 0 Å². The lowest BCUT2D eigenvalue weighted by Crippen LogP contribution is -2.60. The van der Waals surface area contributed by atoms with Gasteiger partial charge in [0.25, 0.3) is 0 Å². The van der Waals surface area contributed by atoms with Crippen LogP contribution in [0.4, 0.5) is 10.5 Å². The average molecular weight is 576 g/mol. The zero-order valence-corrected chi connectivity index (χ0v) is 24.7. The third kappa shape index (κ3) is 5.97. The summed E-state index contributed by atoms with van der Waals surface area (Å²) in [4.78, 5) is 15.7. The van der Waals surface area contributed by atoms with Crippen molar-refractivity contribution in [3.05, 3.63) is 65.2 Å². The molecule has 0 radical (unpaired) electrons. The molecule has 2 aliphatic heterocycles. The number of hydrogen-bond acceptors (Lipinski definition) is 6. The largest absolute Gasteiger partial charge is 0.392 e. The smallest absolute Gasteiger partial charge is 0.319 e. The highest BCUT2D eigenvalue weighted by Crippen LogP contribution is 2.55. The summed E-state index contributed by atoms with van der Waals surface area (Å²) in [6.07, 6.45) is 6.65. The second-order valence-electron chi connectivity index (χ2n) is 13.6. The standard InChI is InChI=1S/C34H45N3O5/c1-22-30(20-37-9-11-40-12-10-37)41-32(42-31(22)27-7-5-23(21-38)6-8-27)28-3-2-4-29(16-28)35-33(39)36-34-17-24-13-25(18-34)15-26(14-24)19-34/h2-8,16,22,24-26,30-32,38H,9-15,17-21H2,1H3,(H2,35,36,39). The number of aliphatic hydroxyl groups excluding tert-OH is 1. The van der Waals surface area contributed by atoms with Gasteiger partial charge in [-0.05, 0) is 79.5 Å². The molecule has 2 aromatic rings. The topological polar surface area (TPSA) is 92.3 Å². The number of ether oxygens (including phenoxy) is 3. The van der Waals surface area contributed by atoms with E-state index in [-0.39, 0.29) is 36.3 Å². The molecule has 6 fully saturated rings. The first-order chi connectivity index (χ1) is 20.4. The highest BCUT2D eigenvalue weighted by Gasteiger charge is 2.51. The normalized spacial score (nSPS) is 36.1. The molecule has 8 heteroatoms. The Morgan fingerprint density at radius 3 is 2.31 bits per heavy atom. The molecule has 4 saturated carbocycles. The molecule has 2 heterocycles. The quantitative estimate of drug-likeness (QED) is 0.410. The molecule has 8 nitrogen and oxygen atoms in total. The number of nitrogens with one attached hydrogen (secondary N) is 2. The van der Waals surface area contributed by atoms with E-state index in [0.717, 1.165) is 92.2 Å². The number of anilines is 1. The molecule has 2 aromatic carbocycles. The van der Waals surface area contributed by atoms with Gasteiger partial charge in [0, 0.05) is 42.3 Å². The summed E-state index contributed by atoms with van der Waals surface area (Å²) in [5.74, 6) is 2.46. The summed E-state index contributed by atoms with van der Waals surface area (Å²) in [5, 5.41) is 16.1. The number of morpholine rings is 1. The number of carbonyl (C=O) groups excluding carboxylic acids is 1. The van der Waals surface area contributed by atoms with Crippen LogP contribution in [0.3, 0.4) is 0 Å². The van der Waals surface area contributed by atoms with Gasteiger partial charge in [0.2, 0.25) is 0 Å². The van der Waals surface area contributed by atoms with Crippen LogP contribution in [0.1, 0.15) is 74.5 Å². The Kier molecular flexibility index (Phi) is 8.01. The molecule has 42 heavy (non-hydrogen) atoms. The molecular formula is C34H45N3O5. The molecule has 0 spiro atoms. The maximum Gasteiger partial charge on any atom is 0.319 e. The molecule has 2 saturated heterocycles. The van der Waals surface area contributed by atoms with E-state index in [1.54, 1.807) is 0 Å². The van der Waals surface area contributed by atoms with Gasteiger partial charge in [-0.3, -0.25) is 4.90 Å². The van der Waals surface area contributed by atoms with E-state index < -0.39 is 6.29 Å². The van der Waals surface area contributed by atoms with Crippen molar-refractivity contribution in [3.63, 3.8) is 0 Å². The van der Waals surface area contributed by atoms with Gasteiger partial charge in [0.05, 0.1) is 32.0 Å². The van der Waals surface area contributed by atoms with Gasteiger partial charge in [0.15, 0.2) is 6.29 Å². The maximum atomic E-state index is 13.3. The summed E-state index contributed by atoms with van der Waals surface area (Å²) in [6.45, 7) is 6.29. The second kappa shape index (κ2) is 11.9. The summed E-state index contributed by atoms with van der Waals surface area (Å²) in [7, 11) is 0. The van der Waals surface area contributed by atoms with Gasteiger partial charge in [-0.2, -0.15) is 0 Å². The van der Waals surface area contributed by atoms with Crippen LogP contribution in [0.25, 0.3) is 0 Å². The van der Waals surface area contributed by atoms with Gasteiger partial charge in [-0.1, -0.05) is 43.3 Å². The Balaban J connectivity index is 1.07. The summed E-state index contributed by atoms with van der Waals surface area (Å²) < 4.78 is 18.9. The van der Waals surface area contributed by atoms with E-state index in [9.17, 15) is 9.90 Å². The predicted octanol–water partition coefficient (Wildman–Crippen LogP) is 5.39. The van der Waals surface area contributed by atoms with Crippen molar-refractivity contribution in [1.29, 1.82) is 0 Å². The Hall–Kier alpha value is -2.49. The first-order valence-corrected chi connectivity index (χ1v) is 15.9. The first-order valence-electron chi connectivity index (χ1n) is 15.9.